The van der Waals surface area contributed by atoms with Crippen LogP contribution in [-0.2, 0) is 0 Å². The van der Waals surface area contributed by atoms with Crippen LogP contribution >= 0.6 is 0 Å². The van der Waals surface area contributed by atoms with E-state index in [1.807, 2.05) is 6.92 Å². The van der Waals surface area contributed by atoms with Crippen molar-refractivity contribution in [2.24, 2.45) is 5.73 Å². The number of hydrogen-bond acceptors (Lipinski definition) is 4. The highest BCUT2D eigenvalue weighted by molar-refractivity contribution is 4.97. The molecule has 0 aliphatic heterocycles. The highest BCUT2D eigenvalue weighted by atomic mass is 16.5. The molecule has 1 aliphatic rings. The van der Waals surface area contributed by atoms with Crippen LogP contribution in [0.4, 0.5) is 0 Å². The van der Waals surface area contributed by atoms with Crippen LogP contribution in [0.2, 0.25) is 0 Å². The van der Waals surface area contributed by atoms with Gasteiger partial charge >= 0.3 is 0 Å². The summed E-state index contributed by atoms with van der Waals surface area (Å²) >= 11 is 0. The summed E-state index contributed by atoms with van der Waals surface area (Å²) in [6, 6.07) is -0.129. The molecule has 4 heteroatoms. The largest absolute Gasteiger partial charge is 0.339 e. The van der Waals surface area contributed by atoms with Crippen LogP contribution in [0.25, 0.3) is 0 Å². The van der Waals surface area contributed by atoms with Crippen LogP contribution < -0.4 is 5.73 Å². The zero-order chi connectivity index (χ0) is 9.97. The van der Waals surface area contributed by atoms with Crippen LogP contribution in [0.15, 0.2) is 4.52 Å². The van der Waals surface area contributed by atoms with Gasteiger partial charge in [0.15, 0.2) is 5.82 Å². The summed E-state index contributed by atoms with van der Waals surface area (Å²) in [5, 5.41) is 3.88. The van der Waals surface area contributed by atoms with E-state index in [-0.39, 0.29) is 6.04 Å². The van der Waals surface area contributed by atoms with Crippen molar-refractivity contribution in [3.8, 4) is 0 Å². The average Bonchev–Trinajstić information content (AvgIpc) is 2.68. The molecule has 0 spiro atoms. The summed E-state index contributed by atoms with van der Waals surface area (Å²) in [6.45, 7) is 1.87. The van der Waals surface area contributed by atoms with Gasteiger partial charge in [-0.3, -0.25) is 0 Å². The summed E-state index contributed by atoms with van der Waals surface area (Å²) in [6.07, 6.45) is 6.26. The van der Waals surface area contributed by atoms with E-state index in [9.17, 15) is 0 Å². The summed E-state index contributed by atoms with van der Waals surface area (Å²) in [4.78, 5) is 4.33. The van der Waals surface area contributed by atoms with E-state index in [0.29, 0.717) is 11.7 Å². The van der Waals surface area contributed by atoms with Crippen LogP contribution in [0, 0.1) is 0 Å². The lowest BCUT2D eigenvalue weighted by molar-refractivity contribution is 0.311. The topological polar surface area (TPSA) is 64.9 Å². The fourth-order valence-corrected chi connectivity index (χ4v) is 1.95. The Morgan fingerprint density at radius 2 is 2.07 bits per heavy atom. The molecule has 1 unspecified atom stereocenters. The van der Waals surface area contributed by atoms with Gasteiger partial charge in [-0.1, -0.05) is 24.4 Å². The fraction of sp³-hybridized carbons (Fsp3) is 0.800. The minimum absolute atomic E-state index is 0.129. The molecule has 4 nitrogen and oxygen atoms in total. The van der Waals surface area contributed by atoms with E-state index in [1.54, 1.807) is 0 Å². The van der Waals surface area contributed by atoms with E-state index in [2.05, 4.69) is 10.1 Å². The van der Waals surface area contributed by atoms with Crippen molar-refractivity contribution in [2.75, 3.05) is 0 Å². The van der Waals surface area contributed by atoms with Crippen molar-refractivity contribution in [3.05, 3.63) is 11.7 Å². The SMILES string of the molecule is CC(N)c1noc(C2CCCCC2)n1. The maximum absolute atomic E-state index is 5.67. The van der Waals surface area contributed by atoms with E-state index in [0.717, 1.165) is 5.89 Å². The molecular weight excluding hydrogens is 178 g/mol. The fourth-order valence-electron chi connectivity index (χ4n) is 1.95. The first-order valence-corrected chi connectivity index (χ1v) is 5.36. The zero-order valence-electron chi connectivity index (χ0n) is 8.57. The molecule has 1 saturated carbocycles. The number of nitrogens with zero attached hydrogens (tertiary/aromatic N) is 2. The predicted octanol–water partition coefficient (Wildman–Crippen LogP) is 2.14. The molecule has 1 aliphatic carbocycles. The van der Waals surface area contributed by atoms with Gasteiger partial charge in [0.25, 0.3) is 0 Å². The van der Waals surface area contributed by atoms with Crippen molar-refractivity contribution in [3.63, 3.8) is 0 Å². The Morgan fingerprint density at radius 1 is 1.36 bits per heavy atom. The monoisotopic (exact) mass is 195 g/mol. The van der Waals surface area contributed by atoms with Gasteiger partial charge in [-0.25, -0.2) is 0 Å². The third-order valence-corrected chi connectivity index (χ3v) is 2.82. The molecule has 0 aromatic carbocycles. The van der Waals surface area contributed by atoms with E-state index in [1.165, 1.54) is 32.1 Å². The molecule has 0 saturated heterocycles. The second kappa shape index (κ2) is 4.09. The van der Waals surface area contributed by atoms with E-state index >= 15 is 0 Å². The Kier molecular flexibility index (Phi) is 2.82. The number of nitrogens with two attached hydrogens (primary N) is 1. The molecule has 2 rings (SSSR count). The van der Waals surface area contributed by atoms with Gasteiger partial charge in [0.1, 0.15) is 0 Å². The predicted molar refractivity (Wildman–Crippen MR) is 52.7 cm³/mol. The molecule has 1 aromatic rings. The molecule has 0 radical (unpaired) electrons. The van der Waals surface area contributed by atoms with Gasteiger partial charge in [-0.15, -0.1) is 0 Å². The van der Waals surface area contributed by atoms with Crippen LogP contribution in [-0.4, -0.2) is 10.1 Å². The first-order chi connectivity index (χ1) is 6.77. The molecular formula is C10H17N3O. The first-order valence-electron chi connectivity index (χ1n) is 5.36. The number of rotatable bonds is 2. The van der Waals surface area contributed by atoms with Crippen molar-refractivity contribution >= 4 is 0 Å². The lowest BCUT2D eigenvalue weighted by Crippen LogP contribution is -2.08. The van der Waals surface area contributed by atoms with Gasteiger partial charge in [0, 0.05) is 5.92 Å². The van der Waals surface area contributed by atoms with Crippen LogP contribution in [0.5, 0.6) is 0 Å². The zero-order valence-corrected chi connectivity index (χ0v) is 8.57. The van der Waals surface area contributed by atoms with Crippen molar-refractivity contribution in [1.82, 2.24) is 10.1 Å². The number of hydrogen-bond donors (Lipinski definition) is 1. The van der Waals surface area contributed by atoms with E-state index < -0.39 is 0 Å². The van der Waals surface area contributed by atoms with Crippen LogP contribution in [0.3, 0.4) is 0 Å². The quantitative estimate of drug-likeness (QED) is 0.785. The molecule has 78 valence electrons. The Labute approximate surface area is 83.9 Å². The second-order valence-corrected chi connectivity index (χ2v) is 4.11. The molecule has 1 fully saturated rings. The molecule has 1 heterocycles. The normalized spacial score (nSPS) is 21.0. The molecule has 1 aromatic heterocycles. The lowest BCUT2D eigenvalue weighted by atomic mass is 9.89. The van der Waals surface area contributed by atoms with Gasteiger partial charge in [0.2, 0.25) is 5.89 Å². The highest BCUT2D eigenvalue weighted by Gasteiger charge is 2.21. The third-order valence-electron chi connectivity index (χ3n) is 2.82. The lowest BCUT2D eigenvalue weighted by Gasteiger charge is -2.17. The van der Waals surface area contributed by atoms with Crippen molar-refractivity contribution < 1.29 is 4.52 Å². The molecule has 0 amide bonds. The third kappa shape index (κ3) is 1.95. The molecule has 2 N–H and O–H groups in total. The first kappa shape index (κ1) is 9.65. The molecule has 1 atom stereocenters. The minimum Gasteiger partial charge on any atom is -0.339 e. The molecule has 0 bridgehead atoms. The summed E-state index contributed by atoms with van der Waals surface area (Å²) in [5.41, 5.74) is 5.67. The van der Waals surface area contributed by atoms with Crippen molar-refractivity contribution in [1.29, 1.82) is 0 Å². The molecule has 14 heavy (non-hydrogen) atoms. The number of aromatic nitrogens is 2. The Bertz CT molecular complexity index is 289. The standard InChI is InChI=1S/C10H17N3O/c1-7(11)9-12-10(14-13-9)8-5-3-2-4-6-8/h7-8H,2-6,11H2,1H3. The highest BCUT2D eigenvalue weighted by Crippen LogP contribution is 2.31. The van der Waals surface area contributed by atoms with Crippen molar-refractivity contribution in [2.45, 2.75) is 51.0 Å². The average molecular weight is 195 g/mol. The minimum atomic E-state index is -0.129. The maximum Gasteiger partial charge on any atom is 0.229 e. The smallest absolute Gasteiger partial charge is 0.229 e. The summed E-state index contributed by atoms with van der Waals surface area (Å²) in [5.74, 6) is 1.89. The Balaban J connectivity index is 2.07. The van der Waals surface area contributed by atoms with Gasteiger partial charge in [-0.05, 0) is 19.8 Å². The van der Waals surface area contributed by atoms with E-state index in [4.69, 9.17) is 10.3 Å². The van der Waals surface area contributed by atoms with Crippen LogP contribution in [0.1, 0.15) is 62.7 Å². The van der Waals surface area contributed by atoms with Gasteiger partial charge in [-0.2, -0.15) is 4.98 Å². The van der Waals surface area contributed by atoms with Gasteiger partial charge in [0.05, 0.1) is 6.04 Å². The van der Waals surface area contributed by atoms with Gasteiger partial charge < -0.3 is 10.3 Å². The Morgan fingerprint density at radius 3 is 2.64 bits per heavy atom. The summed E-state index contributed by atoms with van der Waals surface area (Å²) in [7, 11) is 0. The second-order valence-electron chi connectivity index (χ2n) is 4.11. The summed E-state index contributed by atoms with van der Waals surface area (Å²) < 4.78 is 5.22. The Hall–Kier alpha value is -0.900. The maximum atomic E-state index is 5.67.